The van der Waals surface area contributed by atoms with Gasteiger partial charge < -0.3 is 9.84 Å². The summed E-state index contributed by atoms with van der Waals surface area (Å²) in [6.07, 6.45) is -12.9. The lowest BCUT2D eigenvalue weighted by Gasteiger charge is -2.33. The Balaban J connectivity index is 2.38. The minimum absolute atomic E-state index is 0.148. The fourth-order valence-electron chi connectivity index (χ4n) is 3.47. The van der Waals surface area contributed by atoms with E-state index in [9.17, 15) is 40.2 Å². The molecule has 0 heterocycles. The molecule has 2 unspecified atom stereocenters. The highest BCUT2D eigenvalue weighted by atomic mass is 35.5. The molecule has 0 saturated carbocycles. The quantitative estimate of drug-likeness (QED) is 0.435. The molecule has 0 amide bonds. The lowest BCUT2D eigenvalue weighted by molar-refractivity contribution is -0.265. The smallest absolute Gasteiger partial charge is 0.417 e. The molecule has 1 N–H and O–H groups in total. The maximum Gasteiger partial charge on any atom is 0.417 e. The van der Waals surface area contributed by atoms with Gasteiger partial charge in [-0.1, -0.05) is 18.5 Å². The third-order valence-electron chi connectivity index (χ3n) is 4.94. The molecule has 0 fully saturated rings. The van der Waals surface area contributed by atoms with Crippen LogP contribution >= 0.6 is 11.6 Å². The number of rotatable bonds is 7. The highest BCUT2D eigenvalue weighted by molar-refractivity contribution is 6.30. The summed E-state index contributed by atoms with van der Waals surface area (Å²) >= 11 is 5.44. The van der Waals surface area contributed by atoms with Crippen LogP contribution in [0, 0.1) is 17.6 Å². The Morgan fingerprint density at radius 1 is 1.00 bits per heavy atom. The number of methoxy groups -OCH3 is 1. The van der Waals surface area contributed by atoms with Crippen molar-refractivity contribution in [1.29, 1.82) is 0 Å². The van der Waals surface area contributed by atoms with E-state index < -0.39 is 64.5 Å². The summed E-state index contributed by atoms with van der Waals surface area (Å²) in [7, 11) is 1.29. The van der Waals surface area contributed by atoms with Crippen LogP contribution in [-0.4, -0.2) is 24.0 Å². The Morgan fingerprint density at radius 2 is 1.62 bits per heavy atom. The summed E-state index contributed by atoms with van der Waals surface area (Å²) in [4.78, 5) is 0. The second kappa shape index (κ2) is 9.43. The number of halogens is 9. The molecule has 0 aliphatic carbocycles. The summed E-state index contributed by atoms with van der Waals surface area (Å²) in [5.41, 5.74) is -5.81. The highest BCUT2D eigenvalue weighted by Gasteiger charge is 2.54. The minimum atomic E-state index is -5.31. The second-order valence-corrected chi connectivity index (χ2v) is 8.01. The fraction of sp³-hybridized carbons (Fsp3) is 0.429. The van der Waals surface area contributed by atoms with E-state index in [-0.39, 0.29) is 29.9 Å². The van der Waals surface area contributed by atoms with Gasteiger partial charge in [-0.25, -0.2) is 8.78 Å². The normalized spacial score (nSPS) is 15.4. The monoisotopic (exact) mass is 490 g/mol. The molecule has 178 valence electrons. The van der Waals surface area contributed by atoms with Gasteiger partial charge in [0.05, 0.1) is 17.7 Å². The van der Waals surface area contributed by atoms with Gasteiger partial charge in [0.2, 0.25) is 0 Å². The molecule has 2 nitrogen and oxygen atoms in total. The maximum atomic E-state index is 14.3. The van der Waals surface area contributed by atoms with Crippen LogP contribution in [0.1, 0.15) is 30.0 Å². The van der Waals surface area contributed by atoms with Crippen LogP contribution in [0.3, 0.4) is 0 Å². The fourth-order valence-corrected chi connectivity index (χ4v) is 3.71. The number of ether oxygens (including phenoxy) is 1. The first kappa shape index (κ1) is 26.2. The Hall–Kier alpha value is -2.07. The van der Waals surface area contributed by atoms with Gasteiger partial charge in [0.25, 0.3) is 0 Å². The van der Waals surface area contributed by atoms with Gasteiger partial charge in [0.1, 0.15) is 17.4 Å². The summed E-state index contributed by atoms with van der Waals surface area (Å²) in [5, 5.41) is 9.40. The van der Waals surface area contributed by atoms with E-state index in [1.807, 2.05) is 0 Å². The van der Waals surface area contributed by atoms with Crippen molar-refractivity contribution in [2.24, 2.45) is 5.92 Å². The standard InChI is InChI=1S/C21H19ClF8O2/c1-11(5-12-7-15(23)3-4-17(12)32-2)9-19(31,21(28,29)30)10-13-6-14(20(25,26)27)8-16(22)18(13)24/h3-4,6-8,11,31H,5,9-10H2,1-2H3. The predicted octanol–water partition coefficient (Wildman–Crippen LogP) is 6.75. The number of benzene rings is 2. The molecule has 2 rings (SSSR count). The van der Waals surface area contributed by atoms with Crippen molar-refractivity contribution in [1.82, 2.24) is 0 Å². The predicted molar refractivity (Wildman–Crippen MR) is 102 cm³/mol. The average Bonchev–Trinajstić information content (AvgIpc) is 2.63. The van der Waals surface area contributed by atoms with Gasteiger partial charge in [-0.3, -0.25) is 0 Å². The Kier molecular flexibility index (Phi) is 7.71. The van der Waals surface area contributed by atoms with Crippen LogP contribution in [-0.2, 0) is 19.0 Å². The maximum absolute atomic E-state index is 14.3. The van der Waals surface area contributed by atoms with Gasteiger partial charge in [0.15, 0.2) is 5.60 Å². The van der Waals surface area contributed by atoms with Crippen LogP contribution < -0.4 is 4.74 Å². The first-order valence-corrected chi connectivity index (χ1v) is 9.62. The van der Waals surface area contributed by atoms with Gasteiger partial charge in [-0.05, 0) is 60.2 Å². The van der Waals surface area contributed by atoms with Crippen LogP contribution in [0.4, 0.5) is 35.1 Å². The van der Waals surface area contributed by atoms with E-state index in [0.29, 0.717) is 0 Å². The van der Waals surface area contributed by atoms with Gasteiger partial charge in [-0.15, -0.1) is 0 Å². The van der Waals surface area contributed by atoms with E-state index in [4.69, 9.17) is 16.3 Å². The molecule has 0 radical (unpaired) electrons. The zero-order chi connectivity index (χ0) is 24.5. The van der Waals surface area contributed by atoms with Crippen molar-refractivity contribution in [3.8, 4) is 5.75 Å². The molecule has 32 heavy (non-hydrogen) atoms. The first-order valence-electron chi connectivity index (χ1n) is 9.24. The molecule has 0 aromatic heterocycles. The summed E-state index contributed by atoms with van der Waals surface area (Å²) < 4.78 is 113. The number of hydrogen-bond donors (Lipinski definition) is 1. The molecular weight excluding hydrogens is 472 g/mol. The molecule has 0 spiro atoms. The zero-order valence-electron chi connectivity index (χ0n) is 16.8. The lowest BCUT2D eigenvalue weighted by Crippen LogP contribution is -2.48. The van der Waals surface area contributed by atoms with E-state index in [1.54, 1.807) is 0 Å². The zero-order valence-corrected chi connectivity index (χ0v) is 17.6. The van der Waals surface area contributed by atoms with Crippen molar-refractivity contribution < 1.29 is 45.0 Å². The van der Waals surface area contributed by atoms with E-state index in [1.165, 1.54) is 20.1 Å². The molecule has 0 bridgehead atoms. The molecule has 2 aromatic carbocycles. The summed E-state index contributed by atoms with van der Waals surface area (Å²) in [6.45, 7) is 1.33. The van der Waals surface area contributed by atoms with Crippen molar-refractivity contribution >= 4 is 11.6 Å². The third-order valence-corrected chi connectivity index (χ3v) is 5.21. The molecule has 2 aromatic rings. The van der Waals surface area contributed by atoms with E-state index >= 15 is 0 Å². The van der Waals surface area contributed by atoms with Crippen LogP contribution in [0.2, 0.25) is 5.02 Å². The molecule has 0 aliphatic rings. The average molecular weight is 491 g/mol. The molecule has 0 aliphatic heterocycles. The SMILES string of the molecule is COc1ccc(F)cc1CC(C)CC(O)(Cc1cc(C(F)(F)F)cc(Cl)c1F)C(F)(F)F. The third kappa shape index (κ3) is 6.04. The van der Waals surface area contributed by atoms with E-state index in [0.717, 1.165) is 12.1 Å². The Bertz CT molecular complexity index is 958. The van der Waals surface area contributed by atoms with Gasteiger partial charge in [-0.2, -0.15) is 26.3 Å². The van der Waals surface area contributed by atoms with E-state index in [2.05, 4.69) is 0 Å². The Morgan fingerprint density at radius 3 is 2.16 bits per heavy atom. The first-order chi connectivity index (χ1) is 14.6. The molecular formula is C21H19ClF8O2. The van der Waals surface area contributed by atoms with Crippen molar-refractivity contribution in [3.05, 3.63) is 63.7 Å². The lowest BCUT2D eigenvalue weighted by atomic mass is 9.82. The van der Waals surface area contributed by atoms with Crippen LogP contribution in [0.25, 0.3) is 0 Å². The minimum Gasteiger partial charge on any atom is -0.496 e. The number of aliphatic hydroxyl groups is 1. The largest absolute Gasteiger partial charge is 0.496 e. The summed E-state index contributed by atoms with van der Waals surface area (Å²) in [5.74, 6) is -2.87. The van der Waals surface area contributed by atoms with Crippen molar-refractivity contribution in [2.75, 3.05) is 7.11 Å². The molecule has 11 heteroatoms. The topological polar surface area (TPSA) is 29.5 Å². The van der Waals surface area contributed by atoms with Crippen molar-refractivity contribution in [2.45, 2.75) is 44.1 Å². The van der Waals surface area contributed by atoms with Gasteiger partial charge >= 0.3 is 12.4 Å². The molecule has 2 atom stereocenters. The van der Waals surface area contributed by atoms with Crippen molar-refractivity contribution in [3.63, 3.8) is 0 Å². The summed E-state index contributed by atoms with van der Waals surface area (Å²) in [6, 6.07) is 3.89. The highest BCUT2D eigenvalue weighted by Crippen LogP contribution is 2.41. The number of alkyl halides is 6. The van der Waals surface area contributed by atoms with Crippen LogP contribution in [0.5, 0.6) is 5.75 Å². The Labute approximate surface area is 183 Å². The number of hydrogen-bond acceptors (Lipinski definition) is 2. The van der Waals surface area contributed by atoms with Gasteiger partial charge in [0, 0.05) is 6.42 Å². The van der Waals surface area contributed by atoms with Crippen LogP contribution in [0.15, 0.2) is 30.3 Å². The second-order valence-electron chi connectivity index (χ2n) is 7.60. The molecule has 0 saturated heterocycles.